The highest BCUT2D eigenvalue weighted by Crippen LogP contribution is 2.25. The van der Waals surface area contributed by atoms with Crippen LogP contribution in [-0.2, 0) is 4.74 Å². The number of hydrogen-bond donors (Lipinski definition) is 0. The second-order valence-electron chi connectivity index (χ2n) is 6.66. The van der Waals surface area contributed by atoms with Gasteiger partial charge >= 0.3 is 0 Å². The second kappa shape index (κ2) is 6.99. The lowest BCUT2D eigenvalue weighted by atomic mass is 10.2. The lowest BCUT2D eigenvalue weighted by Gasteiger charge is -2.28. The van der Waals surface area contributed by atoms with Crippen molar-refractivity contribution in [1.82, 2.24) is 14.9 Å². The van der Waals surface area contributed by atoms with Crippen molar-refractivity contribution in [1.29, 1.82) is 0 Å². The van der Waals surface area contributed by atoms with E-state index in [-0.39, 0.29) is 11.9 Å². The van der Waals surface area contributed by atoms with E-state index in [0.717, 1.165) is 43.9 Å². The van der Waals surface area contributed by atoms with Crippen molar-refractivity contribution < 1.29 is 9.13 Å². The van der Waals surface area contributed by atoms with E-state index in [1.54, 1.807) is 6.07 Å². The molecule has 5 nitrogen and oxygen atoms in total. The predicted octanol–water partition coefficient (Wildman–Crippen LogP) is 2.46. The summed E-state index contributed by atoms with van der Waals surface area (Å²) in [5.74, 6) is 0.621. The molecule has 2 aliphatic heterocycles. The summed E-state index contributed by atoms with van der Waals surface area (Å²) >= 11 is 0. The van der Waals surface area contributed by atoms with Crippen LogP contribution in [0.4, 0.5) is 10.2 Å². The molecule has 2 fully saturated rings. The topological polar surface area (TPSA) is 41.5 Å². The van der Waals surface area contributed by atoms with Crippen LogP contribution in [0.25, 0.3) is 10.9 Å². The van der Waals surface area contributed by atoms with E-state index < -0.39 is 0 Å². The fraction of sp³-hybridized carbons (Fsp3) is 0.556. The van der Waals surface area contributed by atoms with Crippen LogP contribution in [0.3, 0.4) is 0 Å². The maximum Gasteiger partial charge on any atom is 0.139 e. The zero-order chi connectivity index (χ0) is 16.4. The lowest BCUT2D eigenvalue weighted by molar-refractivity contribution is 0.0450. The minimum Gasteiger partial charge on any atom is -0.375 e. The number of hydrogen-bond acceptors (Lipinski definition) is 5. The first-order valence-corrected chi connectivity index (χ1v) is 8.79. The van der Waals surface area contributed by atoms with E-state index >= 15 is 0 Å². The average molecular weight is 330 g/mol. The molecule has 1 unspecified atom stereocenters. The summed E-state index contributed by atoms with van der Waals surface area (Å²) in [6.07, 6.45) is 5.27. The van der Waals surface area contributed by atoms with Crippen LogP contribution in [-0.4, -0.2) is 60.3 Å². The van der Waals surface area contributed by atoms with Gasteiger partial charge in [-0.05, 0) is 44.5 Å². The van der Waals surface area contributed by atoms with Gasteiger partial charge in [0.15, 0.2) is 0 Å². The molecule has 1 atom stereocenters. The molecule has 6 heteroatoms. The molecule has 0 N–H and O–H groups in total. The SMILES string of the molecule is Fc1ccc2c(N3CCCOC(CN4CCCC4)C3)ncnc2c1. The Bertz CT molecular complexity index is 704. The van der Waals surface area contributed by atoms with Gasteiger partial charge in [-0.2, -0.15) is 0 Å². The molecule has 2 saturated heterocycles. The van der Waals surface area contributed by atoms with Gasteiger partial charge in [0.25, 0.3) is 0 Å². The fourth-order valence-electron chi connectivity index (χ4n) is 3.72. The van der Waals surface area contributed by atoms with Gasteiger partial charge in [-0.15, -0.1) is 0 Å². The molecular weight excluding hydrogens is 307 g/mol. The largest absolute Gasteiger partial charge is 0.375 e. The summed E-state index contributed by atoms with van der Waals surface area (Å²) in [5.41, 5.74) is 0.654. The number of benzene rings is 1. The van der Waals surface area contributed by atoms with Crippen LogP contribution >= 0.6 is 0 Å². The number of likely N-dealkylation sites (tertiary alicyclic amines) is 1. The van der Waals surface area contributed by atoms with Crippen molar-refractivity contribution in [2.24, 2.45) is 0 Å². The molecular formula is C18H23FN4O. The molecule has 0 aliphatic carbocycles. The molecule has 128 valence electrons. The minimum atomic E-state index is -0.266. The normalized spacial score (nSPS) is 22.9. The van der Waals surface area contributed by atoms with Crippen LogP contribution in [0.1, 0.15) is 19.3 Å². The Balaban J connectivity index is 1.57. The smallest absolute Gasteiger partial charge is 0.139 e. The van der Waals surface area contributed by atoms with E-state index in [0.29, 0.717) is 5.52 Å². The maximum absolute atomic E-state index is 13.5. The Hall–Kier alpha value is -1.79. The van der Waals surface area contributed by atoms with Crippen LogP contribution in [0.2, 0.25) is 0 Å². The molecule has 2 aliphatic rings. The number of ether oxygens (including phenoxy) is 1. The first kappa shape index (κ1) is 15.7. The second-order valence-corrected chi connectivity index (χ2v) is 6.66. The molecule has 4 rings (SSSR count). The van der Waals surface area contributed by atoms with E-state index in [1.165, 1.54) is 44.4 Å². The van der Waals surface area contributed by atoms with E-state index in [9.17, 15) is 4.39 Å². The highest BCUT2D eigenvalue weighted by atomic mass is 19.1. The zero-order valence-electron chi connectivity index (χ0n) is 13.8. The third kappa shape index (κ3) is 3.35. The summed E-state index contributed by atoms with van der Waals surface area (Å²) in [7, 11) is 0. The summed E-state index contributed by atoms with van der Waals surface area (Å²) in [4.78, 5) is 13.5. The average Bonchev–Trinajstić information content (AvgIpc) is 2.98. The molecule has 0 spiro atoms. The Labute approximate surface area is 141 Å². The number of nitrogens with zero attached hydrogens (tertiary/aromatic N) is 4. The van der Waals surface area contributed by atoms with Crippen LogP contribution in [0, 0.1) is 5.82 Å². The van der Waals surface area contributed by atoms with Crippen LogP contribution < -0.4 is 4.90 Å². The van der Waals surface area contributed by atoms with E-state index in [1.807, 2.05) is 0 Å². The number of rotatable bonds is 3. The quantitative estimate of drug-likeness (QED) is 0.865. The van der Waals surface area contributed by atoms with Gasteiger partial charge in [0, 0.05) is 37.7 Å². The van der Waals surface area contributed by atoms with Gasteiger partial charge < -0.3 is 14.5 Å². The molecule has 1 aromatic heterocycles. The molecule has 3 heterocycles. The first-order valence-electron chi connectivity index (χ1n) is 8.79. The minimum absolute atomic E-state index is 0.191. The standard InChI is InChI=1S/C18H23FN4O/c19-14-4-5-16-17(10-14)20-13-21-18(16)23-8-3-9-24-15(12-23)11-22-6-1-2-7-22/h4-5,10,13,15H,1-3,6-9,11-12H2. The van der Waals surface area contributed by atoms with Gasteiger partial charge in [0.2, 0.25) is 0 Å². The van der Waals surface area contributed by atoms with Gasteiger partial charge in [-0.25, -0.2) is 14.4 Å². The Morgan fingerprint density at radius 3 is 2.88 bits per heavy atom. The van der Waals surface area contributed by atoms with Crippen molar-refractivity contribution in [3.63, 3.8) is 0 Å². The Kier molecular flexibility index (Phi) is 4.58. The lowest BCUT2D eigenvalue weighted by Crippen LogP contribution is -2.39. The molecule has 0 saturated carbocycles. The van der Waals surface area contributed by atoms with Crippen molar-refractivity contribution in [2.45, 2.75) is 25.4 Å². The van der Waals surface area contributed by atoms with E-state index in [2.05, 4.69) is 19.8 Å². The van der Waals surface area contributed by atoms with Crippen molar-refractivity contribution in [2.75, 3.05) is 44.2 Å². The molecule has 1 aromatic carbocycles. The van der Waals surface area contributed by atoms with Gasteiger partial charge in [-0.3, -0.25) is 0 Å². The van der Waals surface area contributed by atoms with Crippen molar-refractivity contribution >= 4 is 16.7 Å². The summed E-state index contributed by atoms with van der Waals surface area (Å²) in [6, 6.07) is 4.73. The Morgan fingerprint density at radius 2 is 2.00 bits per heavy atom. The molecule has 2 aromatic rings. The number of fused-ring (bicyclic) bond motifs is 1. The highest BCUT2D eigenvalue weighted by Gasteiger charge is 2.24. The summed E-state index contributed by atoms with van der Waals surface area (Å²) in [5, 5.41) is 0.903. The van der Waals surface area contributed by atoms with Crippen molar-refractivity contribution in [3.05, 3.63) is 30.3 Å². The third-order valence-corrected chi connectivity index (χ3v) is 4.89. The predicted molar refractivity (Wildman–Crippen MR) is 91.7 cm³/mol. The molecule has 0 radical (unpaired) electrons. The zero-order valence-corrected chi connectivity index (χ0v) is 13.8. The number of halogens is 1. The third-order valence-electron chi connectivity index (χ3n) is 4.89. The number of aromatic nitrogens is 2. The van der Waals surface area contributed by atoms with Gasteiger partial charge in [0.05, 0.1) is 11.6 Å². The molecule has 24 heavy (non-hydrogen) atoms. The van der Waals surface area contributed by atoms with Crippen molar-refractivity contribution in [3.8, 4) is 0 Å². The molecule has 0 amide bonds. The number of anilines is 1. The summed E-state index contributed by atoms with van der Waals surface area (Å²) in [6.45, 7) is 5.84. The summed E-state index contributed by atoms with van der Waals surface area (Å²) < 4.78 is 19.5. The van der Waals surface area contributed by atoms with Crippen LogP contribution in [0.15, 0.2) is 24.5 Å². The van der Waals surface area contributed by atoms with Gasteiger partial charge in [0.1, 0.15) is 18.0 Å². The van der Waals surface area contributed by atoms with Gasteiger partial charge in [-0.1, -0.05) is 0 Å². The fourth-order valence-corrected chi connectivity index (χ4v) is 3.72. The Morgan fingerprint density at radius 1 is 1.12 bits per heavy atom. The molecule has 0 bridgehead atoms. The monoisotopic (exact) mass is 330 g/mol. The highest BCUT2D eigenvalue weighted by molar-refractivity contribution is 5.89. The first-order chi connectivity index (χ1) is 11.8. The maximum atomic E-state index is 13.5. The van der Waals surface area contributed by atoms with E-state index in [4.69, 9.17) is 4.74 Å². The van der Waals surface area contributed by atoms with Crippen LogP contribution in [0.5, 0.6) is 0 Å².